The van der Waals surface area contributed by atoms with Crippen molar-refractivity contribution < 1.29 is 4.79 Å². The summed E-state index contributed by atoms with van der Waals surface area (Å²) in [4.78, 5) is 16.2. The van der Waals surface area contributed by atoms with Crippen LogP contribution in [0.3, 0.4) is 0 Å². The molecular weight excluding hydrogens is 372 g/mol. The van der Waals surface area contributed by atoms with Crippen molar-refractivity contribution in [2.24, 2.45) is 0 Å². The Morgan fingerprint density at radius 1 is 1.11 bits per heavy atom. The van der Waals surface area contributed by atoms with E-state index >= 15 is 0 Å². The fourth-order valence-corrected chi connectivity index (χ4v) is 2.13. The number of nitrogens with zero attached hydrogens (tertiary/aromatic N) is 1. The van der Waals surface area contributed by atoms with Gasteiger partial charge in [0.15, 0.2) is 0 Å². The summed E-state index contributed by atoms with van der Waals surface area (Å²) in [5.41, 5.74) is 2.71. The molecule has 1 heterocycles. The summed E-state index contributed by atoms with van der Waals surface area (Å²) in [5, 5.41) is 2.78. The molecule has 1 N–H and O–H groups in total. The van der Waals surface area contributed by atoms with Gasteiger partial charge in [-0.25, -0.2) is 4.98 Å². The number of amides is 1. The van der Waals surface area contributed by atoms with E-state index in [9.17, 15) is 4.79 Å². The molecule has 2 rings (SSSR count). The Labute approximate surface area is 128 Å². The number of aryl methyl sites for hydroxylation is 2. The number of anilines is 1. The number of halogens is 2. The van der Waals surface area contributed by atoms with Crippen LogP contribution >= 0.6 is 31.9 Å². The highest BCUT2D eigenvalue weighted by Gasteiger charge is 2.09. The van der Waals surface area contributed by atoms with E-state index < -0.39 is 0 Å². The number of rotatable bonds is 2. The van der Waals surface area contributed by atoms with Crippen molar-refractivity contribution in [3.8, 4) is 0 Å². The van der Waals surface area contributed by atoms with Crippen molar-refractivity contribution in [3.63, 3.8) is 0 Å². The summed E-state index contributed by atoms with van der Waals surface area (Å²) in [6, 6.07) is 7.32. The van der Waals surface area contributed by atoms with Crippen LogP contribution in [-0.2, 0) is 0 Å². The van der Waals surface area contributed by atoms with Crippen LogP contribution in [0.2, 0.25) is 0 Å². The van der Waals surface area contributed by atoms with Crippen molar-refractivity contribution in [2.45, 2.75) is 13.8 Å². The molecule has 2 aromatic rings. The maximum absolute atomic E-state index is 12.1. The third-order valence-corrected chi connectivity index (χ3v) is 4.41. The van der Waals surface area contributed by atoms with E-state index in [0.717, 1.165) is 20.1 Å². The fourth-order valence-electron chi connectivity index (χ4n) is 1.53. The largest absolute Gasteiger partial charge is 0.307 e. The van der Waals surface area contributed by atoms with Gasteiger partial charge < -0.3 is 5.32 Å². The number of benzene rings is 1. The second-order valence-electron chi connectivity index (χ2n) is 4.24. The molecule has 0 aliphatic rings. The Morgan fingerprint density at radius 2 is 1.84 bits per heavy atom. The van der Waals surface area contributed by atoms with Crippen LogP contribution in [0.25, 0.3) is 0 Å². The Kier molecular flexibility index (Phi) is 4.37. The van der Waals surface area contributed by atoms with E-state index in [1.807, 2.05) is 26.0 Å². The van der Waals surface area contributed by atoms with Gasteiger partial charge in [0, 0.05) is 20.7 Å². The topological polar surface area (TPSA) is 42.0 Å². The van der Waals surface area contributed by atoms with Gasteiger partial charge in [0.2, 0.25) is 0 Å². The third-order valence-electron chi connectivity index (χ3n) is 2.72. The average molecular weight is 384 g/mol. The third kappa shape index (κ3) is 3.42. The van der Waals surface area contributed by atoms with Crippen LogP contribution in [0.4, 0.5) is 5.82 Å². The Bertz CT molecular complexity index is 641. The summed E-state index contributed by atoms with van der Waals surface area (Å²) in [6.07, 6.45) is 1.68. The number of carbonyl (C=O) groups excluding carboxylic acids is 1. The Hall–Kier alpha value is -1.20. The summed E-state index contributed by atoms with van der Waals surface area (Å²) >= 11 is 6.80. The van der Waals surface area contributed by atoms with Crippen LogP contribution in [0.15, 0.2) is 39.4 Å². The van der Waals surface area contributed by atoms with E-state index in [2.05, 4.69) is 42.2 Å². The van der Waals surface area contributed by atoms with E-state index in [1.54, 1.807) is 18.3 Å². The predicted octanol–water partition coefficient (Wildman–Crippen LogP) is 4.48. The fraction of sp³-hybridized carbons (Fsp3) is 0.143. The Morgan fingerprint density at radius 3 is 2.47 bits per heavy atom. The number of hydrogen-bond acceptors (Lipinski definition) is 2. The van der Waals surface area contributed by atoms with Gasteiger partial charge in [-0.1, -0.05) is 22.0 Å². The lowest BCUT2D eigenvalue weighted by Crippen LogP contribution is -2.13. The normalized spacial score (nSPS) is 10.3. The van der Waals surface area contributed by atoms with Crippen molar-refractivity contribution in [1.82, 2.24) is 4.98 Å². The van der Waals surface area contributed by atoms with E-state index in [0.29, 0.717) is 11.4 Å². The molecule has 0 bridgehead atoms. The molecule has 0 aliphatic carbocycles. The summed E-state index contributed by atoms with van der Waals surface area (Å²) in [6.45, 7) is 3.93. The zero-order chi connectivity index (χ0) is 14.0. The predicted molar refractivity (Wildman–Crippen MR) is 83.5 cm³/mol. The molecule has 98 valence electrons. The first kappa shape index (κ1) is 14.2. The number of hydrogen-bond donors (Lipinski definition) is 1. The molecule has 5 heteroatoms. The molecule has 19 heavy (non-hydrogen) atoms. The van der Waals surface area contributed by atoms with Gasteiger partial charge in [0.1, 0.15) is 5.82 Å². The molecule has 0 unspecified atom stereocenters. The van der Waals surface area contributed by atoms with Crippen molar-refractivity contribution in [1.29, 1.82) is 0 Å². The smallest absolute Gasteiger partial charge is 0.256 e. The maximum Gasteiger partial charge on any atom is 0.256 e. The van der Waals surface area contributed by atoms with Crippen LogP contribution in [-0.4, -0.2) is 10.9 Å². The highest BCUT2D eigenvalue weighted by Crippen LogP contribution is 2.20. The molecule has 0 aliphatic heterocycles. The molecule has 0 saturated heterocycles. The summed E-state index contributed by atoms with van der Waals surface area (Å²) in [7, 11) is 0. The first-order valence-electron chi connectivity index (χ1n) is 5.67. The highest BCUT2D eigenvalue weighted by molar-refractivity contribution is 9.10. The lowest BCUT2D eigenvalue weighted by Gasteiger charge is -2.07. The molecule has 0 saturated carbocycles. The van der Waals surface area contributed by atoms with Gasteiger partial charge in [-0.05, 0) is 59.1 Å². The van der Waals surface area contributed by atoms with Crippen molar-refractivity contribution >= 4 is 43.6 Å². The van der Waals surface area contributed by atoms with E-state index in [4.69, 9.17) is 0 Å². The molecule has 0 radical (unpaired) electrons. The van der Waals surface area contributed by atoms with Crippen molar-refractivity contribution in [2.75, 3.05) is 5.32 Å². The number of aromatic nitrogens is 1. The standard InChI is InChI=1S/C14H12Br2N2O/c1-8-3-4-10(6-11(8)15)14(19)18-13-5-9(2)12(16)7-17-13/h3-7H,1-2H3,(H,17,18,19). The number of carbonyl (C=O) groups is 1. The molecule has 3 nitrogen and oxygen atoms in total. The molecule has 1 amide bonds. The average Bonchev–Trinajstić information content (AvgIpc) is 2.37. The minimum atomic E-state index is -0.171. The molecule has 0 atom stereocenters. The van der Waals surface area contributed by atoms with Gasteiger partial charge in [0.25, 0.3) is 5.91 Å². The lowest BCUT2D eigenvalue weighted by molar-refractivity contribution is 0.102. The first-order valence-corrected chi connectivity index (χ1v) is 7.25. The number of nitrogens with one attached hydrogen (secondary N) is 1. The zero-order valence-corrected chi connectivity index (χ0v) is 13.7. The van der Waals surface area contributed by atoms with Crippen LogP contribution in [0.1, 0.15) is 21.5 Å². The van der Waals surface area contributed by atoms with Crippen LogP contribution < -0.4 is 5.32 Å². The monoisotopic (exact) mass is 382 g/mol. The minimum Gasteiger partial charge on any atom is -0.307 e. The molecule has 1 aromatic carbocycles. The molecule has 0 spiro atoms. The SMILES string of the molecule is Cc1cc(NC(=O)c2ccc(C)c(Br)c2)ncc1Br. The van der Waals surface area contributed by atoms with Crippen molar-refractivity contribution in [3.05, 3.63) is 56.1 Å². The first-order chi connectivity index (χ1) is 8.97. The highest BCUT2D eigenvalue weighted by atomic mass is 79.9. The van der Waals surface area contributed by atoms with Gasteiger partial charge >= 0.3 is 0 Å². The van der Waals surface area contributed by atoms with Crippen LogP contribution in [0.5, 0.6) is 0 Å². The lowest BCUT2D eigenvalue weighted by atomic mass is 10.1. The Balaban J connectivity index is 2.20. The maximum atomic E-state index is 12.1. The molecule has 1 aromatic heterocycles. The van der Waals surface area contributed by atoms with Gasteiger partial charge in [-0.2, -0.15) is 0 Å². The minimum absolute atomic E-state index is 0.171. The number of pyridine rings is 1. The van der Waals surface area contributed by atoms with Gasteiger partial charge in [0.05, 0.1) is 0 Å². The van der Waals surface area contributed by atoms with Gasteiger partial charge in [-0.15, -0.1) is 0 Å². The second-order valence-corrected chi connectivity index (χ2v) is 5.95. The van der Waals surface area contributed by atoms with Gasteiger partial charge in [-0.3, -0.25) is 4.79 Å². The van der Waals surface area contributed by atoms with Crippen LogP contribution in [0, 0.1) is 13.8 Å². The molecular formula is C14H12Br2N2O. The van der Waals surface area contributed by atoms with E-state index in [-0.39, 0.29) is 5.91 Å². The summed E-state index contributed by atoms with van der Waals surface area (Å²) < 4.78 is 1.84. The molecule has 0 fully saturated rings. The van der Waals surface area contributed by atoms with E-state index in [1.165, 1.54) is 0 Å². The summed E-state index contributed by atoms with van der Waals surface area (Å²) in [5.74, 6) is 0.373. The quantitative estimate of drug-likeness (QED) is 0.830. The zero-order valence-electron chi connectivity index (χ0n) is 10.5. The second kappa shape index (κ2) is 5.84.